The number of nitrogens with zero attached hydrogens (tertiary/aromatic N) is 2. The fourth-order valence-corrected chi connectivity index (χ4v) is 2.82. The second-order valence-electron chi connectivity index (χ2n) is 5.45. The molecule has 2 aromatic heterocycles. The van der Waals surface area contributed by atoms with Crippen molar-refractivity contribution in [3.05, 3.63) is 47.9 Å². The number of thioether (sulfide) groups is 1. The Hall–Kier alpha value is -3.07. The van der Waals surface area contributed by atoms with Crippen LogP contribution in [0.4, 0.5) is 5.69 Å². The van der Waals surface area contributed by atoms with Gasteiger partial charge in [-0.15, -0.1) is 10.2 Å². The molecule has 0 saturated heterocycles. The molecule has 0 aliphatic rings. The van der Waals surface area contributed by atoms with E-state index in [0.717, 1.165) is 17.3 Å². The van der Waals surface area contributed by atoms with Gasteiger partial charge in [-0.1, -0.05) is 11.8 Å². The lowest BCUT2D eigenvalue weighted by Crippen LogP contribution is -2.22. The molecule has 0 saturated carbocycles. The lowest BCUT2D eigenvalue weighted by Gasteiger charge is -2.10. The van der Waals surface area contributed by atoms with Gasteiger partial charge in [-0.2, -0.15) is 0 Å². The standard InChI is InChI=1S/C17H16N4O4S/c1-9-13(7-8-24-9)16-20-21-17(25-16)26-10(2)15(23)19-12-5-3-11(4-6-12)14(18)22/h3-8,10H,1-2H3,(H2,18,22)(H,19,23)/t10-/m1/s1. The Morgan fingerprint density at radius 1 is 1.19 bits per heavy atom. The number of rotatable bonds is 6. The van der Waals surface area contributed by atoms with Crippen LogP contribution in [0, 0.1) is 6.92 Å². The topological polar surface area (TPSA) is 124 Å². The molecule has 0 bridgehead atoms. The van der Waals surface area contributed by atoms with Crippen molar-refractivity contribution in [3.63, 3.8) is 0 Å². The number of carbonyl (C=O) groups is 2. The summed E-state index contributed by atoms with van der Waals surface area (Å²) in [4.78, 5) is 23.4. The summed E-state index contributed by atoms with van der Waals surface area (Å²) in [7, 11) is 0. The zero-order valence-corrected chi connectivity index (χ0v) is 14.9. The van der Waals surface area contributed by atoms with Crippen LogP contribution < -0.4 is 11.1 Å². The van der Waals surface area contributed by atoms with Crippen molar-refractivity contribution in [2.45, 2.75) is 24.3 Å². The van der Waals surface area contributed by atoms with Crippen LogP contribution >= 0.6 is 11.8 Å². The van der Waals surface area contributed by atoms with E-state index in [1.807, 2.05) is 0 Å². The molecule has 26 heavy (non-hydrogen) atoms. The number of carbonyl (C=O) groups excluding carboxylic acids is 2. The fraction of sp³-hybridized carbons (Fsp3) is 0.176. The highest BCUT2D eigenvalue weighted by atomic mass is 32.2. The SMILES string of the molecule is Cc1occc1-c1nnc(S[C@H](C)C(=O)Nc2ccc(C(N)=O)cc2)o1. The highest BCUT2D eigenvalue weighted by molar-refractivity contribution is 8.00. The average Bonchev–Trinajstić information content (AvgIpc) is 3.23. The third-order valence-corrected chi connectivity index (χ3v) is 4.51. The maximum Gasteiger partial charge on any atom is 0.277 e. The molecular weight excluding hydrogens is 356 g/mol. The molecule has 9 heteroatoms. The number of benzene rings is 1. The monoisotopic (exact) mass is 372 g/mol. The normalized spacial score (nSPS) is 11.9. The largest absolute Gasteiger partial charge is 0.469 e. The number of anilines is 1. The summed E-state index contributed by atoms with van der Waals surface area (Å²) in [5.74, 6) is 0.261. The molecule has 0 radical (unpaired) electrons. The highest BCUT2D eigenvalue weighted by Crippen LogP contribution is 2.28. The van der Waals surface area contributed by atoms with E-state index in [-0.39, 0.29) is 11.1 Å². The van der Waals surface area contributed by atoms with E-state index in [4.69, 9.17) is 14.6 Å². The summed E-state index contributed by atoms with van der Waals surface area (Å²) in [6, 6.07) is 8.06. The van der Waals surface area contributed by atoms with Gasteiger partial charge in [0.25, 0.3) is 11.1 Å². The Morgan fingerprint density at radius 2 is 1.92 bits per heavy atom. The number of nitrogens with two attached hydrogens (primary N) is 1. The number of amides is 2. The van der Waals surface area contributed by atoms with Gasteiger partial charge >= 0.3 is 0 Å². The van der Waals surface area contributed by atoms with Gasteiger partial charge in [-0.3, -0.25) is 9.59 Å². The van der Waals surface area contributed by atoms with Gasteiger partial charge in [0, 0.05) is 11.3 Å². The molecule has 3 N–H and O–H groups in total. The first-order chi connectivity index (χ1) is 12.4. The Bertz CT molecular complexity index is 932. The number of furan rings is 1. The summed E-state index contributed by atoms with van der Waals surface area (Å²) in [6.07, 6.45) is 1.54. The molecule has 3 rings (SSSR count). The van der Waals surface area contributed by atoms with Crippen molar-refractivity contribution < 1.29 is 18.4 Å². The molecule has 3 aromatic rings. The van der Waals surface area contributed by atoms with E-state index in [0.29, 0.717) is 22.9 Å². The van der Waals surface area contributed by atoms with Crippen molar-refractivity contribution in [3.8, 4) is 11.5 Å². The Balaban J connectivity index is 1.61. The minimum absolute atomic E-state index is 0.235. The Kier molecular flexibility index (Phi) is 5.08. The smallest absolute Gasteiger partial charge is 0.277 e. The van der Waals surface area contributed by atoms with E-state index in [1.165, 1.54) is 0 Å². The van der Waals surface area contributed by atoms with Gasteiger partial charge in [0.2, 0.25) is 11.8 Å². The highest BCUT2D eigenvalue weighted by Gasteiger charge is 2.20. The first kappa shape index (κ1) is 17.7. The molecule has 8 nitrogen and oxygen atoms in total. The van der Waals surface area contributed by atoms with Crippen molar-refractivity contribution in [2.75, 3.05) is 5.32 Å². The van der Waals surface area contributed by atoms with E-state index in [1.54, 1.807) is 50.4 Å². The summed E-state index contributed by atoms with van der Waals surface area (Å²) in [5.41, 5.74) is 6.84. The number of hydrogen-bond acceptors (Lipinski definition) is 7. The van der Waals surface area contributed by atoms with Gasteiger partial charge in [-0.25, -0.2) is 0 Å². The lowest BCUT2D eigenvalue weighted by molar-refractivity contribution is -0.115. The predicted molar refractivity (Wildman–Crippen MR) is 95.6 cm³/mol. The fourth-order valence-electron chi connectivity index (χ4n) is 2.14. The quantitative estimate of drug-likeness (QED) is 0.637. The zero-order chi connectivity index (χ0) is 18.7. The van der Waals surface area contributed by atoms with Gasteiger partial charge in [0.05, 0.1) is 17.1 Å². The van der Waals surface area contributed by atoms with Gasteiger partial charge in [-0.05, 0) is 44.2 Å². The summed E-state index contributed by atoms with van der Waals surface area (Å²) in [5, 5.41) is 10.5. The second kappa shape index (κ2) is 7.44. The summed E-state index contributed by atoms with van der Waals surface area (Å²) < 4.78 is 10.8. The predicted octanol–water partition coefficient (Wildman–Crippen LogP) is 2.86. The van der Waals surface area contributed by atoms with Crippen LogP contribution in [0.2, 0.25) is 0 Å². The molecule has 0 unspecified atom stereocenters. The van der Waals surface area contributed by atoms with Gasteiger partial charge in [0.15, 0.2) is 0 Å². The van der Waals surface area contributed by atoms with E-state index < -0.39 is 11.2 Å². The second-order valence-corrected chi connectivity index (χ2v) is 6.75. The number of nitrogens with one attached hydrogen (secondary N) is 1. The first-order valence-corrected chi connectivity index (χ1v) is 8.57. The average molecular weight is 372 g/mol. The molecule has 134 valence electrons. The van der Waals surface area contributed by atoms with E-state index >= 15 is 0 Å². The lowest BCUT2D eigenvalue weighted by atomic mass is 10.2. The third-order valence-electron chi connectivity index (χ3n) is 3.58. The zero-order valence-electron chi connectivity index (χ0n) is 14.1. The van der Waals surface area contributed by atoms with E-state index in [2.05, 4.69) is 15.5 Å². The van der Waals surface area contributed by atoms with Crippen LogP contribution in [0.3, 0.4) is 0 Å². The van der Waals surface area contributed by atoms with Crippen molar-refractivity contribution in [1.29, 1.82) is 0 Å². The van der Waals surface area contributed by atoms with Crippen LogP contribution in [-0.4, -0.2) is 27.3 Å². The Morgan fingerprint density at radius 3 is 2.54 bits per heavy atom. The van der Waals surface area contributed by atoms with Crippen molar-refractivity contribution in [1.82, 2.24) is 10.2 Å². The van der Waals surface area contributed by atoms with Crippen LogP contribution in [0.25, 0.3) is 11.5 Å². The van der Waals surface area contributed by atoms with Crippen LogP contribution in [-0.2, 0) is 4.79 Å². The molecular formula is C17H16N4O4S. The molecule has 0 spiro atoms. The minimum Gasteiger partial charge on any atom is -0.469 e. The van der Waals surface area contributed by atoms with Gasteiger partial charge < -0.3 is 19.9 Å². The summed E-state index contributed by atoms with van der Waals surface area (Å²) in [6.45, 7) is 3.52. The molecule has 0 aliphatic carbocycles. The molecule has 1 aromatic carbocycles. The molecule has 1 atom stereocenters. The number of aromatic nitrogens is 2. The van der Waals surface area contributed by atoms with Crippen molar-refractivity contribution >= 4 is 29.3 Å². The number of primary amides is 1. The summed E-state index contributed by atoms with van der Waals surface area (Å²) >= 11 is 1.15. The minimum atomic E-state index is -0.521. The maximum absolute atomic E-state index is 12.3. The van der Waals surface area contributed by atoms with E-state index in [9.17, 15) is 9.59 Å². The van der Waals surface area contributed by atoms with Crippen LogP contribution in [0.5, 0.6) is 0 Å². The maximum atomic E-state index is 12.3. The molecule has 2 heterocycles. The third kappa shape index (κ3) is 3.94. The molecule has 2 amide bonds. The van der Waals surface area contributed by atoms with Crippen molar-refractivity contribution in [2.24, 2.45) is 5.73 Å². The Labute approximate surface area is 153 Å². The number of aryl methyl sites for hydroxylation is 1. The van der Waals surface area contributed by atoms with Crippen LogP contribution in [0.1, 0.15) is 23.0 Å². The number of hydrogen-bond donors (Lipinski definition) is 2. The van der Waals surface area contributed by atoms with Crippen LogP contribution in [0.15, 0.2) is 50.7 Å². The molecule has 0 aliphatic heterocycles. The first-order valence-electron chi connectivity index (χ1n) is 7.69. The van der Waals surface area contributed by atoms with Gasteiger partial charge in [0.1, 0.15) is 5.76 Å². The molecule has 0 fully saturated rings.